The number of carbonyl (C=O) groups is 5. The molecular formula is C29H34N4O6. The van der Waals surface area contributed by atoms with Gasteiger partial charge in [-0.15, -0.1) is 0 Å². The number of para-hydroxylation sites is 1. The SMILES string of the molecule is COc1ccccc1CCN(C)CCCCCC(=O)Nc1cccc2c1C(=O)N(C1CCC(=O)NC1=O)C2=O. The summed E-state index contributed by atoms with van der Waals surface area (Å²) in [5.41, 5.74) is 1.65. The Morgan fingerprint density at radius 2 is 1.82 bits per heavy atom. The number of hydrogen-bond donors (Lipinski definition) is 2. The number of imide groups is 2. The minimum atomic E-state index is -1.05. The van der Waals surface area contributed by atoms with E-state index >= 15 is 0 Å². The molecule has 2 aromatic carbocycles. The van der Waals surface area contributed by atoms with E-state index in [1.807, 2.05) is 18.2 Å². The first kappa shape index (κ1) is 28.0. The Kier molecular flexibility index (Phi) is 9.08. The number of nitrogens with one attached hydrogen (secondary N) is 2. The second-order valence-corrected chi connectivity index (χ2v) is 9.90. The fourth-order valence-corrected chi connectivity index (χ4v) is 5.01. The Morgan fingerprint density at radius 3 is 2.59 bits per heavy atom. The van der Waals surface area contributed by atoms with E-state index in [0.717, 1.165) is 43.0 Å². The number of carbonyl (C=O) groups excluding carboxylic acids is 5. The van der Waals surface area contributed by atoms with Crippen molar-refractivity contribution in [3.05, 3.63) is 59.2 Å². The zero-order valence-electron chi connectivity index (χ0n) is 22.3. The maximum Gasteiger partial charge on any atom is 0.264 e. The van der Waals surface area contributed by atoms with Crippen LogP contribution in [0.15, 0.2) is 42.5 Å². The highest BCUT2D eigenvalue weighted by Crippen LogP contribution is 2.32. The molecule has 0 radical (unpaired) electrons. The highest BCUT2D eigenvalue weighted by molar-refractivity contribution is 6.26. The van der Waals surface area contributed by atoms with Gasteiger partial charge in [0.2, 0.25) is 17.7 Å². The molecule has 0 saturated carbocycles. The van der Waals surface area contributed by atoms with Gasteiger partial charge in [-0.3, -0.25) is 34.2 Å². The second kappa shape index (κ2) is 12.7. The molecule has 10 nitrogen and oxygen atoms in total. The van der Waals surface area contributed by atoms with Crippen LogP contribution in [0.2, 0.25) is 0 Å². The van der Waals surface area contributed by atoms with E-state index < -0.39 is 29.7 Å². The standard InChI is InChI=1S/C29H34N4O6/c1-32(18-16-19-9-5-6-12-23(19)39-2)17-7-3-4-13-24(34)30-21-11-8-10-20-26(21)29(38)33(28(20)37)22-14-15-25(35)31-27(22)36/h5-6,8-12,22H,3-4,7,13-18H2,1-2H3,(H,30,34)(H,31,35,36). The van der Waals surface area contributed by atoms with E-state index in [1.165, 1.54) is 11.6 Å². The summed E-state index contributed by atoms with van der Waals surface area (Å²) in [4.78, 5) is 65.7. The van der Waals surface area contributed by atoms with Crippen molar-refractivity contribution in [1.29, 1.82) is 0 Å². The van der Waals surface area contributed by atoms with Crippen molar-refractivity contribution in [1.82, 2.24) is 15.1 Å². The lowest BCUT2D eigenvalue weighted by Crippen LogP contribution is -2.54. The smallest absolute Gasteiger partial charge is 0.264 e. The van der Waals surface area contributed by atoms with Crippen LogP contribution in [-0.2, 0) is 20.8 Å². The third kappa shape index (κ3) is 6.51. The van der Waals surface area contributed by atoms with Gasteiger partial charge in [-0.1, -0.05) is 30.7 Å². The van der Waals surface area contributed by atoms with Gasteiger partial charge in [0.15, 0.2) is 0 Å². The van der Waals surface area contributed by atoms with Crippen molar-refractivity contribution in [2.45, 2.75) is 51.0 Å². The summed E-state index contributed by atoms with van der Waals surface area (Å²) in [5.74, 6) is -1.69. The van der Waals surface area contributed by atoms with Gasteiger partial charge in [0, 0.05) is 19.4 Å². The molecule has 0 aliphatic carbocycles. The molecule has 2 aliphatic heterocycles. The van der Waals surface area contributed by atoms with Gasteiger partial charge in [-0.2, -0.15) is 0 Å². The molecule has 1 atom stereocenters. The molecule has 5 amide bonds. The molecule has 1 unspecified atom stereocenters. The van der Waals surface area contributed by atoms with E-state index in [9.17, 15) is 24.0 Å². The molecule has 2 N–H and O–H groups in total. The summed E-state index contributed by atoms with van der Waals surface area (Å²) in [7, 11) is 3.76. The van der Waals surface area contributed by atoms with E-state index in [1.54, 1.807) is 19.2 Å². The number of ether oxygens (including phenoxy) is 1. The van der Waals surface area contributed by atoms with E-state index in [0.29, 0.717) is 6.42 Å². The lowest BCUT2D eigenvalue weighted by atomic mass is 10.0. The number of amides is 5. The average Bonchev–Trinajstić information content (AvgIpc) is 3.17. The number of likely N-dealkylation sites (N-methyl/N-ethyl adjacent to an activating group) is 1. The van der Waals surface area contributed by atoms with Gasteiger partial charge in [-0.25, -0.2) is 0 Å². The molecule has 206 valence electrons. The Bertz CT molecular complexity index is 1280. The first-order valence-electron chi connectivity index (χ1n) is 13.2. The molecule has 2 aromatic rings. The quantitative estimate of drug-likeness (QED) is 0.317. The molecule has 1 fully saturated rings. The third-order valence-electron chi connectivity index (χ3n) is 7.14. The van der Waals surface area contributed by atoms with E-state index in [4.69, 9.17) is 4.74 Å². The molecule has 2 heterocycles. The fourth-order valence-electron chi connectivity index (χ4n) is 5.01. The Labute approximate surface area is 227 Å². The van der Waals surface area contributed by atoms with Crippen LogP contribution < -0.4 is 15.4 Å². The normalized spacial score (nSPS) is 16.9. The second-order valence-electron chi connectivity index (χ2n) is 9.90. The monoisotopic (exact) mass is 534 g/mol. The summed E-state index contributed by atoms with van der Waals surface area (Å²) in [5, 5.41) is 4.95. The molecule has 0 bridgehead atoms. The Hall–Kier alpha value is -4.05. The summed E-state index contributed by atoms with van der Waals surface area (Å²) < 4.78 is 5.41. The minimum Gasteiger partial charge on any atom is -0.496 e. The first-order valence-corrected chi connectivity index (χ1v) is 13.2. The van der Waals surface area contributed by atoms with Crippen LogP contribution >= 0.6 is 0 Å². The predicted molar refractivity (Wildman–Crippen MR) is 144 cm³/mol. The molecular weight excluding hydrogens is 500 g/mol. The van der Waals surface area contributed by atoms with Crippen molar-refractivity contribution in [2.75, 3.05) is 32.6 Å². The van der Waals surface area contributed by atoms with Gasteiger partial charge < -0.3 is 15.0 Å². The van der Waals surface area contributed by atoms with Crippen LogP contribution in [0.5, 0.6) is 5.75 Å². The van der Waals surface area contributed by atoms with Gasteiger partial charge in [-0.05, 0) is 63.0 Å². The van der Waals surface area contributed by atoms with Crippen molar-refractivity contribution in [2.24, 2.45) is 0 Å². The van der Waals surface area contributed by atoms with Crippen LogP contribution in [0.1, 0.15) is 64.8 Å². The topological polar surface area (TPSA) is 125 Å². The van der Waals surface area contributed by atoms with Crippen LogP contribution in [0.25, 0.3) is 0 Å². The number of hydrogen-bond acceptors (Lipinski definition) is 7. The summed E-state index contributed by atoms with van der Waals surface area (Å²) >= 11 is 0. The average molecular weight is 535 g/mol. The number of fused-ring (bicyclic) bond motifs is 1. The van der Waals surface area contributed by atoms with Crippen molar-refractivity contribution >= 4 is 35.2 Å². The minimum absolute atomic E-state index is 0.0466. The summed E-state index contributed by atoms with van der Waals surface area (Å²) in [6, 6.07) is 11.6. The lowest BCUT2D eigenvalue weighted by molar-refractivity contribution is -0.136. The molecule has 39 heavy (non-hydrogen) atoms. The Morgan fingerprint density at radius 1 is 1.03 bits per heavy atom. The van der Waals surface area contributed by atoms with Gasteiger partial charge in [0.25, 0.3) is 11.8 Å². The van der Waals surface area contributed by atoms with Crippen molar-refractivity contribution in [3.63, 3.8) is 0 Å². The molecule has 10 heteroatoms. The van der Waals surface area contributed by atoms with Gasteiger partial charge in [0.1, 0.15) is 11.8 Å². The molecule has 2 aliphatic rings. The molecule has 0 aromatic heterocycles. The highest BCUT2D eigenvalue weighted by atomic mass is 16.5. The highest BCUT2D eigenvalue weighted by Gasteiger charge is 2.45. The van der Waals surface area contributed by atoms with Gasteiger partial charge in [0.05, 0.1) is 23.9 Å². The molecule has 1 saturated heterocycles. The number of nitrogens with zero attached hydrogens (tertiary/aromatic N) is 2. The van der Waals surface area contributed by atoms with Gasteiger partial charge >= 0.3 is 0 Å². The summed E-state index contributed by atoms with van der Waals surface area (Å²) in [6.45, 7) is 1.82. The van der Waals surface area contributed by atoms with Crippen LogP contribution in [0.4, 0.5) is 5.69 Å². The molecule has 0 spiro atoms. The van der Waals surface area contributed by atoms with Crippen LogP contribution in [0, 0.1) is 0 Å². The van der Waals surface area contributed by atoms with Crippen molar-refractivity contribution < 1.29 is 28.7 Å². The number of rotatable bonds is 12. The largest absolute Gasteiger partial charge is 0.496 e. The van der Waals surface area contributed by atoms with Crippen molar-refractivity contribution in [3.8, 4) is 5.75 Å². The maximum atomic E-state index is 13.2. The zero-order valence-corrected chi connectivity index (χ0v) is 22.3. The summed E-state index contributed by atoms with van der Waals surface area (Å²) in [6.07, 6.45) is 3.82. The van der Waals surface area contributed by atoms with Crippen LogP contribution in [-0.4, -0.2) is 72.6 Å². The first-order chi connectivity index (χ1) is 18.8. The predicted octanol–water partition coefficient (Wildman–Crippen LogP) is 2.77. The zero-order chi connectivity index (χ0) is 27.9. The Balaban J connectivity index is 1.23. The van der Waals surface area contributed by atoms with E-state index in [-0.39, 0.29) is 42.0 Å². The molecule has 4 rings (SSSR count). The third-order valence-corrected chi connectivity index (χ3v) is 7.14. The fraction of sp³-hybridized carbons (Fsp3) is 0.414. The number of benzene rings is 2. The number of piperidine rings is 1. The van der Waals surface area contributed by atoms with Crippen LogP contribution in [0.3, 0.4) is 0 Å². The maximum absolute atomic E-state index is 13.2. The number of unbranched alkanes of at least 4 members (excludes halogenated alkanes) is 2. The number of methoxy groups -OCH3 is 1. The van der Waals surface area contributed by atoms with E-state index in [2.05, 4.69) is 28.6 Å². The lowest BCUT2D eigenvalue weighted by Gasteiger charge is -2.27. The number of anilines is 1.